The average molecular weight is 140 g/mol. The van der Waals surface area contributed by atoms with E-state index in [0.717, 1.165) is 19.3 Å². The van der Waals surface area contributed by atoms with Gasteiger partial charge in [-0.3, -0.25) is 0 Å². The van der Waals surface area contributed by atoms with Crippen molar-refractivity contribution in [2.45, 2.75) is 25.7 Å². The molecule has 56 valence electrons. The molecule has 0 saturated carbocycles. The van der Waals surface area contributed by atoms with E-state index in [9.17, 15) is 4.70 Å². The van der Waals surface area contributed by atoms with Gasteiger partial charge in [-0.15, -0.1) is 0 Å². The van der Waals surface area contributed by atoms with Gasteiger partial charge in [-0.05, 0) is 0 Å². The normalized spacial score (nSPS) is 8.90. The first kappa shape index (κ1) is 9.49. The van der Waals surface area contributed by atoms with Crippen molar-refractivity contribution in [3.63, 3.8) is 0 Å². The molecule has 0 aliphatic carbocycles. The van der Waals surface area contributed by atoms with Gasteiger partial charge in [0.15, 0.2) is 0 Å². The summed E-state index contributed by atoms with van der Waals surface area (Å²) in [5.41, 5.74) is 5.45. The van der Waals surface area contributed by atoms with E-state index in [4.69, 9.17) is 11.1 Å². The summed E-state index contributed by atoms with van der Waals surface area (Å²) in [5, 5.41) is 6.97. The van der Waals surface area contributed by atoms with Crippen LogP contribution in [0.5, 0.6) is 0 Å². The summed E-state index contributed by atoms with van der Waals surface area (Å²) in [6.07, 6.45) is 3.52. The Kier molecular flexibility index (Phi) is 6.28. The summed E-state index contributed by atoms with van der Waals surface area (Å²) in [6.45, 7) is 0.703. The number of nitrogens with one attached hydrogen (secondary N) is 1. The molecule has 0 aromatic rings. The first-order chi connectivity index (χ1) is 4.81. The first-order valence-electron chi connectivity index (χ1n) is 3.54. The van der Waals surface area contributed by atoms with E-state index < -0.39 is 0 Å². The van der Waals surface area contributed by atoms with Crippen molar-refractivity contribution in [1.29, 1.82) is 5.41 Å². The Balaban J connectivity index is 3.03. The molecule has 0 radical (unpaired) electrons. The number of nitrogens with two attached hydrogens (primary N) is 1. The van der Waals surface area contributed by atoms with Crippen LogP contribution in [-0.4, -0.2) is 19.3 Å². The van der Waals surface area contributed by atoms with Crippen molar-refractivity contribution in [2.75, 3.05) is 6.54 Å². The molecule has 0 heterocycles. The Bertz CT molecular complexity index is 116. The van der Waals surface area contributed by atoms with E-state index in [1.54, 1.807) is 0 Å². The van der Waals surface area contributed by atoms with Crippen molar-refractivity contribution in [3.05, 3.63) is 0 Å². The topological polar surface area (TPSA) is 66.9 Å². The van der Waals surface area contributed by atoms with Crippen LogP contribution < -0.4 is 5.73 Å². The molecule has 4 heteroatoms. The molecule has 3 nitrogen and oxygen atoms in total. The number of hydrogen-bond acceptors (Lipinski definition) is 3. The van der Waals surface area contributed by atoms with Gasteiger partial charge in [-0.1, -0.05) is 0 Å². The second-order valence-corrected chi connectivity index (χ2v) is 2.24. The van der Waals surface area contributed by atoms with Crippen LogP contribution in [0.2, 0.25) is 0 Å². The predicted octanol–water partition coefficient (Wildman–Crippen LogP) is 0.532. The van der Waals surface area contributed by atoms with Gasteiger partial charge in [0.25, 0.3) is 0 Å². The fraction of sp³-hybridized carbons (Fsp3) is 0.833. The Labute approximate surface area is 61.8 Å². The fourth-order valence-electron chi connectivity index (χ4n) is 0.695. The molecule has 0 unspecified atom stereocenters. The van der Waals surface area contributed by atoms with Crippen LogP contribution in [0.15, 0.2) is 0 Å². The summed E-state index contributed by atoms with van der Waals surface area (Å²) in [7, 11) is 0.600. The minimum atomic E-state index is 0.192. The molecule has 0 rings (SSSR count). The molecular weight excluding hydrogens is 127 g/mol. The standard InChI is InChI=1S/C6H13BN2O/c8-5-3-1-2-4-6(9)7-10/h9H,1-5,8H2. The quantitative estimate of drug-likeness (QED) is 0.321. The third-order valence-corrected chi connectivity index (χ3v) is 1.29. The average Bonchev–Trinajstić information content (AvgIpc) is 1.98. The predicted molar refractivity (Wildman–Crippen MR) is 41.7 cm³/mol. The van der Waals surface area contributed by atoms with Gasteiger partial charge in [-0.2, -0.15) is 0 Å². The van der Waals surface area contributed by atoms with E-state index in [-0.39, 0.29) is 5.61 Å². The first-order valence-corrected chi connectivity index (χ1v) is 3.54. The van der Waals surface area contributed by atoms with E-state index in [1.165, 1.54) is 0 Å². The van der Waals surface area contributed by atoms with Crippen molar-refractivity contribution in [2.24, 2.45) is 5.73 Å². The third-order valence-electron chi connectivity index (χ3n) is 1.29. The molecule has 0 saturated heterocycles. The zero-order valence-electron chi connectivity index (χ0n) is 6.10. The number of hydrogen-bond donors (Lipinski definition) is 2. The minimum absolute atomic E-state index is 0.192. The van der Waals surface area contributed by atoms with Crippen molar-refractivity contribution in [3.8, 4) is 0 Å². The van der Waals surface area contributed by atoms with E-state index >= 15 is 0 Å². The summed E-state index contributed by atoms with van der Waals surface area (Å²) >= 11 is 0. The van der Waals surface area contributed by atoms with Gasteiger partial charge in [-0.25, -0.2) is 0 Å². The Morgan fingerprint density at radius 3 is 2.60 bits per heavy atom. The summed E-state index contributed by atoms with van der Waals surface area (Å²) in [6, 6.07) is 0. The fourth-order valence-corrected chi connectivity index (χ4v) is 0.695. The van der Waals surface area contributed by atoms with Crippen molar-refractivity contribution in [1.82, 2.24) is 0 Å². The van der Waals surface area contributed by atoms with Crippen LogP contribution in [0.4, 0.5) is 0 Å². The van der Waals surface area contributed by atoms with Gasteiger partial charge < -0.3 is 0 Å². The zero-order valence-corrected chi connectivity index (χ0v) is 6.10. The number of unbranched alkanes of at least 4 members (excludes halogenated alkanes) is 2. The second-order valence-electron chi connectivity index (χ2n) is 2.24. The van der Waals surface area contributed by atoms with Gasteiger partial charge >= 0.3 is 60.8 Å². The molecule has 3 N–H and O–H groups in total. The summed E-state index contributed by atoms with van der Waals surface area (Å²) in [4.78, 5) is 0. The molecule has 0 amide bonds. The van der Waals surface area contributed by atoms with Crippen molar-refractivity contribution >= 4 is 12.8 Å². The Hall–Kier alpha value is -0.505. The molecule has 0 aliphatic heterocycles. The molecule has 0 atom stereocenters. The Morgan fingerprint density at radius 1 is 1.40 bits per heavy atom. The third kappa shape index (κ3) is 5.63. The molecule has 0 bridgehead atoms. The molecule has 0 aromatic carbocycles. The van der Waals surface area contributed by atoms with Crippen LogP contribution in [-0.2, 0) is 4.70 Å². The van der Waals surface area contributed by atoms with E-state index in [1.807, 2.05) is 0 Å². The molecule has 0 aliphatic rings. The second kappa shape index (κ2) is 6.61. The Morgan fingerprint density at radius 2 is 2.10 bits per heavy atom. The molecular formula is C6H13BN2O. The van der Waals surface area contributed by atoms with Crippen LogP contribution in [0.25, 0.3) is 0 Å². The molecule has 0 aromatic heterocycles. The van der Waals surface area contributed by atoms with Crippen molar-refractivity contribution < 1.29 is 4.70 Å². The molecule has 0 fully saturated rings. The van der Waals surface area contributed by atoms with Crippen LogP contribution in [0, 0.1) is 5.41 Å². The summed E-state index contributed by atoms with van der Waals surface area (Å²) in [5.74, 6) is 0. The maximum absolute atomic E-state index is 9.92. The van der Waals surface area contributed by atoms with E-state index in [2.05, 4.69) is 0 Å². The van der Waals surface area contributed by atoms with Gasteiger partial charge in [0.05, 0.1) is 0 Å². The maximum atomic E-state index is 9.92. The summed E-state index contributed by atoms with van der Waals surface area (Å²) < 4.78 is 9.92. The molecule has 10 heavy (non-hydrogen) atoms. The SMILES string of the molecule is N=C(B=O)CCCCCN. The molecule has 0 spiro atoms. The zero-order chi connectivity index (χ0) is 7.82. The van der Waals surface area contributed by atoms with Gasteiger partial charge in [0.1, 0.15) is 0 Å². The van der Waals surface area contributed by atoms with Crippen LogP contribution in [0.3, 0.4) is 0 Å². The van der Waals surface area contributed by atoms with Gasteiger partial charge in [0.2, 0.25) is 0 Å². The monoisotopic (exact) mass is 140 g/mol. The van der Waals surface area contributed by atoms with Crippen LogP contribution in [0.1, 0.15) is 25.7 Å². The number of rotatable bonds is 6. The van der Waals surface area contributed by atoms with E-state index in [0.29, 0.717) is 20.1 Å². The van der Waals surface area contributed by atoms with Gasteiger partial charge in [0, 0.05) is 0 Å². The van der Waals surface area contributed by atoms with Crippen LogP contribution >= 0.6 is 0 Å².